The summed E-state index contributed by atoms with van der Waals surface area (Å²) < 4.78 is 6.74. The van der Waals surface area contributed by atoms with Gasteiger partial charge in [-0.15, -0.1) is 11.3 Å². The zero-order valence-corrected chi connectivity index (χ0v) is 19.8. The highest BCUT2D eigenvalue weighted by Gasteiger charge is 2.32. The molecule has 0 unspecified atom stereocenters. The number of carbonyl (C=O) groups excluding carboxylic acids is 2. The highest BCUT2D eigenvalue weighted by Crippen LogP contribution is 2.41. The van der Waals surface area contributed by atoms with Crippen molar-refractivity contribution in [2.75, 3.05) is 13.1 Å². The molecule has 0 radical (unpaired) electrons. The summed E-state index contributed by atoms with van der Waals surface area (Å²) in [6, 6.07) is 18.7. The molecule has 0 bridgehead atoms. The molecule has 1 aromatic heterocycles. The molecule has 4 aromatic rings. The number of carbonyl (C=O) groups is 2. The maximum atomic E-state index is 13.7. The predicted octanol–water partition coefficient (Wildman–Crippen LogP) is 5.38. The second kappa shape index (κ2) is 8.92. The first-order chi connectivity index (χ1) is 16.8. The Morgan fingerprint density at radius 1 is 0.971 bits per heavy atom. The highest BCUT2D eigenvalue weighted by atomic mass is 32.1. The summed E-state index contributed by atoms with van der Waals surface area (Å²) in [5.41, 5.74) is 2.38. The smallest absolute Gasteiger partial charge is 0.249 e. The van der Waals surface area contributed by atoms with Crippen molar-refractivity contribution in [2.24, 2.45) is 0 Å². The normalized spacial score (nSPS) is 13.5. The van der Waals surface area contributed by atoms with Crippen molar-refractivity contribution in [3.8, 4) is 27.7 Å². The number of benzene rings is 3. The van der Waals surface area contributed by atoms with Gasteiger partial charge in [-0.3, -0.25) is 9.59 Å². The minimum Gasteiger partial charge on any atom is -0.508 e. The molecule has 0 aliphatic carbocycles. The number of rotatable bonds is 6. The zero-order chi connectivity index (χ0) is 24.7. The van der Waals surface area contributed by atoms with Crippen LogP contribution < -0.4 is 4.74 Å². The molecule has 35 heavy (non-hydrogen) atoms. The van der Waals surface area contributed by atoms with Gasteiger partial charge >= 0.3 is 0 Å². The fourth-order valence-corrected chi connectivity index (χ4v) is 5.34. The minimum atomic E-state index is -0.140. The maximum Gasteiger partial charge on any atom is 0.249 e. The van der Waals surface area contributed by atoms with Crippen molar-refractivity contribution in [1.29, 1.82) is 0 Å². The van der Waals surface area contributed by atoms with Crippen LogP contribution in [0.2, 0.25) is 0 Å². The predicted molar refractivity (Wildman–Crippen MR) is 136 cm³/mol. The van der Waals surface area contributed by atoms with Crippen molar-refractivity contribution < 1.29 is 24.5 Å². The molecule has 7 heteroatoms. The van der Waals surface area contributed by atoms with E-state index in [0.29, 0.717) is 35.5 Å². The molecule has 3 aromatic carbocycles. The second-order valence-electron chi connectivity index (χ2n) is 8.62. The van der Waals surface area contributed by atoms with Gasteiger partial charge in [-0.2, -0.15) is 0 Å². The van der Waals surface area contributed by atoms with Crippen molar-refractivity contribution in [2.45, 2.75) is 13.0 Å². The lowest BCUT2D eigenvalue weighted by molar-refractivity contribution is -0.135. The van der Waals surface area contributed by atoms with Crippen LogP contribution in [-0.2, 0) is 4.79 Å². The number of hydrogen-bond acceptors (Lipinski definition) is 6. The number of likely N-dealkylation sites (tertiary alicyclic amines) is 1. The molecule has 176 valence electrons. The van der Waals surface area contributed by atoms with Gasteiger partial charge in [0, 0.05) is 31.7 Å². The van der Waals surface area contributed by atoms with Gasteiger partial charge < -0.3 is 19.8 Å². The van der Waals surface area contributed by atoms with E-state index in [-0.39, 0.29) is 29.3 Å². The van der Waals surface area contributed by atoms with E-state index in [4.69, 9.17) is 4.74 Å². The molecule has 2 heterocycles. The van der Waals surface area contributed by atoms with E-state index in [1.807, 2.05) is 0 Å². The number of fused-ring (bicyclic) bond motifs is 1. The molecule has 1 aliphatic rings. The van der Waals surface area contributed by atoms with E-state index >= 15 is 0 Å². The summed E-state index contributed by atoms with van der Waals surface area (Å²) in [5.74, 6) is 0.711. The molecule has 0 saturated carbocycles. The summed E-state index contributed by atoms with van der Waals surface area (Å²) in [7, 11) is 0. The number of phenolic OH excluding ortho intramolecular Hbond substituents is 2. The number of hydrogen-bond donors (Lipinski definition) is 2. The van der Waals surface area contributed by atoms with Gasteiger partial charge in [-0.25, -0.2) is 0 Å². The fraction of sp³-hybridized carbons (Fsp3) is 0.143. The Morgan fingerprint density at radius 2 is 1.63 bits per heavy atom. The number of phenols is 2. The average Bonchev–Trinajstić information content (AvgIpc) is 3.19. The molecule has 6 nitrogen and oxygen atoms in total. The van der Waals surface area contributed by atoms with Crippen LogP contribution in [0, 0.1) is 0 Å². The molecule has 5 rings (SSSR count). The quantitative estimate of drug-likeness (QED) is 0.283. The van der Waals surface area contributed by atoms with Gasteiger partial charge in [-0.05, 0) is 79.2 Å². The Bertz CT molecular complexity index is 1450. The number of ketones is 1. The van der Waals surface area contributed by atoms with E-state index in [1.165, 1.54) is 11.3 Å². The maximum absolute atomic E-state index is 13.7. The molecular formula is C28H23NO5S. The topological polar surface area (TPSA) is 87.1 Å². The summed E-state index contributed by atoms with van der Waals surface area (Å²) in [4.78, 5) is 28.0. The summed E-state index contributed by atoms with van der Waals surface area (Å²) in [6.45, 7) is 6.39. The number of amides is 1. The molecular weight excluding hydrogens is 462 g/mol. The number of thiophene rings is 1. The Hall–Kier alpha value is -4.10. The summed E-state index contributed by atoms with van der Waals surface area (Å²) >= 11 is 1.42. The third kappa shape index (κ3) is 4.38. The first kappa shape index (κ1) is 22.7. The molecule has 0 spiro atoms. The Kier molecular flexibility index (Phi) is 5.78. The van der Waals surface area contributed by atoms with Crippen LogP contribution >= 0.6 is 11.3 Å². The van der Waals surface area contributed by atoms with Crippen LogP contribution in [0.15, 0.2) is 78.9 Å². The van der Waals surface area contributed by atoms with Crippen molar-refractivity contribution in [3.05, 3.63) is 90.0 Å². The van der Waals surface area contributed by atoms with E-state index in [1.54, 1.807) is 78.6 Å². The number of nitrogens with zero attached hydrogens (tertiary/aromatic N) is 1. The third-order valence-corrected chi connectivity index (χ3v) is 7.15. The molecule has 0 atom stereocenters. The van der Waals surface area contributed by atoms with Crippen LogP contribution in [0.5, 0.6) is 17.2 Å². The monoisotopic (exact) mass is 485 g/mol. The first-order valence-electron chi connectivity index (χ1n) is 11.1. The van der Waals surface area contributed by atoms with E-state index < -0.39 is 0 Å². The van der Waals surface area contributed by atoms with Gasteiger partial charge in [0.1, 0.15) is 23.4 Å². The lowest BCUT2D eigenvalue weighted by Crippen LogP contribution is -2.56. The van der Waals surface area contributed by atoms with E-state index in [0.717, 1.165) is 20.5 Å². The van der Waals surface area contributed by atoms with E-state index in [2.05, 4.69) is 6.58 Å². The second-order valence-corrected chi connectivity index (χ2v) is 9.67. The van der Waals surface area contributed by atoms with E-state index in [9.17, 15) is 19.8 Å². The molecule has 2 N–H and O–H groups in total. The summed E-state index contributed by atoms with van der Waals surface area (Å²) in [6.07, 6.45) is -0.0885. The molecule has 1 amide bonds. The van der Waals surface area contributed by atoms with Crippen LogP contribution in [-0.4, -0.2) is 46.0 Å². The molecule has 1 saturated heterocycles. The Morgan fingerprint density at radius 3 is 2.29 bits per heavy atom. The van der Waals surface area contributed by atoms with Gasteiger partial charge in [-0.1, -0.05) is 6.58 Å². The first-order valence-corrected chi connectivity index (χ1v) is 11.9. The third-order valence-electron chi connectivity index (χ3n) is 5.95. The van der Waals surface area contributed by atoms with Crippen LogP contribution in [0.3, 0.4) is 0 Å². The average molecular weight is 486 g/mol. The largest absolute Gasteiger partial charge is 0.508 e. The minimum absolute atomic E-state index is 0.0634. The van der Waals surface area contributed by atoms with Crippen LogP contribution in [0.1, 0.15) is 22.8 Å². The van der Waals surface area contributed by atoms with Crippen molar-refractivity contribution >= 4 is 33.1 Å². The van der Waals surface area contributed by atoms with Gasteiger partial charge in [0.2, 0.25) is 5.91 Å². The Labute approximate surface area is 206 Å². The molecule has 1 fully saturated rings. The zero-order valence-electron chi connectivity index (χ0n) is 19.0. The van der Waals surface area contributed by atoms with Gasteiger partial charge in [0.15, 0.2) is 5.78 Å². The molecule has 1 aliphatic heterocycles. The number of aromatic hydroxyl groups is 2. The van der Waals surface area contributed by atoms with Crippen molar-refractivity contribution in [1.82, 2.24) is 4.90 Å². The lowest BCUT2D eigenvalue weighted by atomic mass is 9.97. The Balaban J connectivity index is 1.40. The standard InChI is InChI=1S/C28H23NO5S/c1-16(2)28(33)29-14-22(15-29)34-21-10-5-17(6-11-21)26(32)25-23-12-9-20(31)13-24(23)35-27(25)18-3-7-19(30)8-4-18/h3-13,22,30-31H,1,14-15H2,2H3. The summed E-state index contributed by atoms with van der Waals surface area (Å²) in [5, 5.41) is 20.4. The lowest BCUT2D eigenvalue weighted by Gasteiger charge is -2.39. The number of ether oxygens (including phenoxy) is 1. The van der Waals surface area contributed by atoms with Crippen molar-refractivity contribution in [3.63, 3.8) is 0 Å². The van der Waals surface area contributed by atoms with Gasteiger partial charge in [0.25, 0.3) is 0 Å². The van der Waals surface area contributed by atoms with Crippen LogP contribution in [0.25, 0.3) is 20.5 Å². The fourth-order valence-electron chi connectivity index (χ4n) is 4.10. The van der Waals surface area contributed by atoms with Gasteiger partial charge in [0.05, 0.1) is 13.1 Å². The van der Waals surface area contributed by atoms with Crippen LogP contribution in [0.4, 0.5) is 0 Å². The SMILES string of the molecule is C=C(C)C(=O)N1CC(Oc2ccc(C(=O)c3c(-c4ccc(O)cc4)sc4cc(O)ccc34)cc2)C1. The highest BCUT2D eigenvalue weighted by molar-refractivity contribution is 7.22.